The predicted octanol–water partition coefficient (Wildman–Crippen LogP) is -7.42. The molecule has 1 saturated heterocycles. The summed E-state index contributed by atoms with van der Waals surface area (Å²) in [6.07, 6.45) is -11.3. The first-order valence-corrected chi connectivity index (χ1v) is 35.1. The number of hydrogen-bond donors (Lipinski definition) is 21. The minimum Gasteiger partial charge on any atom is -0.493 e. The number of alkyl carbamates (subject to hydrolysis) is 1. The molecule has 3 aromatic rings. The highest BCUT2D eigenvalue weighted by Gasteiger charge is 2.41. The maximum Gasteiger partial charge on any atom is 0.407 e. The minimum absolute atomic E-state index is 0.201. The summed E-state index contributed by atoms with van der Waals surface area (Å²) in [6, 6.07) is -5.07. The van der Waals surface area contributed by atoms with E-state index in [1.54, 1.807) is 30.3 Å². The summed E-state index contributed by atoms with van der Waals surface area (Å²) >= 11 is 0. The normalized spacial score (nSPS) is 21.0. The molecule has 0 aromatic heterocycles. The standard InChI is InChI=1S/C70H92N16O29/c1-32(20-53(92)93)57-68(109)84-45(23-47(88)37-14-9-10-15-38(37)71)69(110)115-34(3)58(86-65(106)44(27-56(98)99)83-64(105)41(24-50(73)89)81-60(101)39(72)21-36-17-18-48(112-4)49(22-36)113-5)67(108)76-29-51(90)78-40(16-11-19-74-70(111)114-31-35-12-7-6-8-13-35)62(103)82-43(26-55(96)97)63(104)77-33(2)59(100)80-42(25-54(94)95)61(102)75-28-52(91)79-46(30-87)66(107)85-57/h6-10,12-15,17-18,22,32-34,39-46,57-58,87H,11,16,19-21,23-31,71-72H2,1-5H3,(H2,73,89)(H,74,111)(H,75,102)(H,76,108)(H,77,104)(H,78,90)(H,79,91)(H,80,100)(H,81,101)(H,82,103)(H,83,105)(H,84,109)(H,85,107)(H,86,106)(H,92,93)(H,94,95)(H,96,97)(H,98,99)/t32-,33-,34-,39+,40+,41-,42+,43+,44+,45+,46-,57+,58+/m1/s1. The van der Waals surface area contributed by atoms with Crippen LogP contribution in [0.3, 0.4) is 0 Å². The molecule has 0 bridgehead atoms. The Bertz CT molecular complexity index is 4090. The number of hydrogen-bond acceptors (Lipinski definition) is 27. The SMILES string of the molecule is COc1ccc(C[C@H](N)C(=O)N[C@H](CC(N)=O)C(=O)N[C@@H](CC(=O)O)C(=O)N[C@@H]2C(=O)NCC(=O)N[C@@H](CCCNC(=O)OCc3ccccc3)C(=O)N[C@@H](CC(=O)O)C(=O)N[C@H](C)C(=O)N[C@@H](CC(=O)O)C(=O)NCC(=O)N[C@H](CO)C(=O)N[C@@H]([C@H](C)CC(=O)O)C(=O)N[C@@H](CC(=O)c3ccccc3N)C(=O)O[C@@H]2C)cc1OC. The van der Waals surface area contributed by atoms with E-state index in [2.05, 4.69) is 47.9 Å². The number of benzene rings is 3. The summed E-state index contributed by atoms with van der Waals surface area (Å²) in [5, 5.41) is 77.4. The van der Waals surface area contributed by atoms with E-state index in [9.17, 15) is 121 Å². The molecule has 1 aliphatic rings. The highest BCUT2D eigenvalue weighted by molar-refractivity contribution is 6.05. The van der Waals surface area contributed by atoms with Gasteiger partial charge in [0, 0.05) is 24.2 Å². The fourth-order valence-corrected chi connectivity index (χ4v) is 10.8. The van der Waals surface area contributed by atoms with E-state index in [1.165, 1.54) is 56.7 Å². The Kier molecular flexibility index (Phi) is 37.7. The number of amides is 14. The third-order valence-corrected chi connectivity index (χ3v) is 16.8. The number of aliphatic carboxylic acids is 4. The van der Waals surface area contributed by atoms with E-state index in [0.29, 0.717) is 16.9 Å². The monoisotopic (exact) mass is 1620 g/mol. The lowest BCUT2D eigenvalue weighted by Crippen LogP contribution is -2.61. The van der Waals surface area contributed by atoms with Crippen molar-refractivity contribution in [3.63, 3.8) is 0 Å². The number of aliphatic hydroxyl groups is 1. The molecule has 0 aliphatic carbocycles. The summed E-state index contributed by atoms with van der Waals surface area (Å²) < 4.78 is 21.4. The number of ketones is 1. The maximum absolute atomic E-state index is 14.8. The summed E-state index contributed by atoms with van der Waals surface area (Å²) in [5.74, 6) is -29.2. The minimum atomic E-state index is -2.48. The lowest BCUT2D eigenvalue weighted by atomic mass is 9.96. The van der Waals surface area contributed by atoms with Gasteiger partial charge in [0.1, 0.15) is 73.1 Å². The first-order chi connectivity index (χ1) is 54.2. The number of primary amides is 1. The van der Waals surface area contributed by atoms with Gasteiger partial charge in [0.25, 0.3) is 0 Å². The quantitative estimate of drug-likeness (QED) is 0.0123. The molecule has 1 fully saturated rings. The molecule has 4 rings (SSSR count). The number of aliphatic hydroxyl groups excluding tert-OH is 1. The number of ether oxygens (including phenoxy) is 4. The summed E-state index contributed by atoms with van der Waals surface area (Å²) in [4.78, 5) is 271. The van der Waals surface area contributed by atoms with Gasteiger partial charge in [0.15, 0.2) is 17.3 Å². The van der Waals surface area contributed by atoms with Gasteiger partial charge in [-0.15, -0.1) is 0 Å². The summed E-state index contributed by atoms with van der Waals surface area (Å²) in [7, 11) is 2.69. The van der Waals surface area contributed by atoms with Gasteiger partial charge in [-0.05, 0) is 74.4 Å². The number of esters is 1. The Hall–Kier alpha value is -13.6. The second-order valence-corrected chi connectivity index (χ2v) is 25.9. The average molecular weight is 1620 g/mol. The van der Waals surface area contributed by atoms with Gasteiger partial charge in [-0.25, -0.2) is 9.59 Å². The Labute approximate surface area is 653 Å². The van der Waals surface area contributed by atoms with Crippen molar-refractivity contribution < 1.29 is 140 Å². The van der Waals surface area contributed by atoms with Crippen LogP contribution in [0.4, 0.5) is 10.5 Å². The number of rotatable bonds is 31. The van der Waals surface area contributed by atoms with Crippen molar-refractivity contribution in [3.8, 4) is 11.5 Å². The van der Waals surface area contributed by atoms with Gasteiger partial charge in [-0.1, -0.05) is 55.5 Å². The van der Waals surface area contributed by atoms with Crippen LogP contribution in [0.25, 0.3) is 0 Å². The molecule has 1 heterocycles. The smallest absolute Gasteiger partial charge is 0.407 e. The number of nitrogens with one attached hydrogen (secondary N) is 13. The Morgan fingerprint density at radius 1 is 0.565 bits per heavy atom. The topological polar surface area (TPSA) is 714 Å². The molecule has 0 unspecified atom stereocenters. The van der Waals surface area contributed by atoms with Gasteiger partial charge >= 0.3 is 35.9 Å². The van der Waals surface area contributed by atoms with Gasteiger partial charge in [0.2, 0.25) is 76.8 Å². The molecule has 45 heteroatoms. The Balaban J connectivity index is 1.90. The third kappa shape index (κ3) is 31.9. The number of para-hydroxylation sites is 1. The number of carboxylic acids is 4. The van der Waals surface area contributed by atoms with Gasteiger partial charge in [-0.3, -0.25) is 86.3 Å². The van der Waals surface area contributed by atoms with Crippen molar-refractivity contribution in [3.05, 3.63) is 89.5 Å². The van der Waals surface area contributed by atoms with Gasteiger partial charge < -0.3 is 131 Å². The van der Waals surface area contributed by atoms with Crippen LogP contribution in [0, 0.1) is 5.92 Å². The van der Waals surface area contributed by atoms with E-state index >= 15 is 0 Å². The van der Waals surface area contributed by atoms with Crippen LogP contribution in [-0.4, -0.2) is 257 Å². The van der Waals surface area contributed by atoms with Crippen LogP contribution >= 0.6 is 0 Å². The van der Waals surface area contributed by atoms with Crippen LogP contribution in [0.5, 0.6) is 11.5 Å². The zero-order chi connectivity index (χ0) is 85.9. The van der Waals surface area contributed by atoms with Crippen molar-refractivity contribution in [2.45, 2.75) is 158 Å². The molecule has 1 aliphatic heterocycles. The van der Waals surface area contributed by atoms with Gasteiger partial charge in [0.05, 0.1) is 72.1 Å². The van der Waals surface area contributed by atoms with E-state index < -0.39 is 262 Å². The fraction of sp³-hybridized carbons (Fsp3) is 0.457. The fourth-order valence-electron chi connectivity index (χ4n) is 10.8. The Morgan fingerprint density at radius 2 is 1.11 bits per heavy atom. The molecule has 0 saturated carbocycles. The number of Topliss-reactive ketones (excluding diaryl/α,β-unsaturated/α-hetero) is 1. The number of carboxylic acid groups (broad SMARTS) is 4. The first-order valence-electron chi connectivity index (χ1n) is 35.1. The number of carbonyl (C=O) groups excluding carboxylic acids is 16. The largest absolute Gasteiger partial charge is 0.493 e. The molecule has 626 valence electrons. The van der Waals surface area contributed by atoms with Crippen molar-refractivity contribution in [2.24, 2.45) is 17.4 Å². The van der Waals surface area contributed by atoms with Crippen LogP contribution in [-0.2, 0) is 109 Å². The van der Waals surface area contributed by atoms with E-state index in [4.69, 9.17) is 36.1 Å². The number of cyclic esters (lactones) is 1. The summed E-state index contributed by atoms with van der Waals surface area (Å²) in [5.41, 5.74) is 18.2. The second-order valence-electron chi connectivity index (χ2n) is 25.9. The average Bonchev–Trinajstić information content (AvgIpc) is 0.868. The highest BCUT2D eigenvalue weighted by Crippen LogP contribution is 2.28. The number of carbonyl (C=O) groups is 20. The van der Waals surface area contributed by atoms with Crippen LogP contribution < -0.4 is 95.8 Å². The third-order valence-electron chi connectivity index (χ3n) is 16.8. The number of anilines is 1. The van der Waals surface area contributed by atoms with E-state index in [1.807, 2.05) is 21.3 Å². The molecular formula is C70H92N16O29. The zero-order valence-corrected chi connectivity index (χ0v) is 62.6. The molecule has 115 heavy (non-hydrogen) atoms. The molecule has 0 spiro atoms. The molecule has 14 amide bonds. The van der Waals surface area contributed by atoms with Crippen LogP contribution in [0.1, 0.15) is 93.6 Å². The first kappa shape index (κ1) is 93.8. The number of nitrogen functional groups attached to an aromatic ring is 1. The van der Waals surface area contributed by atoms with Crippen LogP contribution in [0.2, 0.25) is 0 Å². The lowest BCUT2D eigenvalue weighted by Gasteiger charge is -2.30. The predicted molar refractivity (Wildman–Crippen MR) is 391 cm³/mol. The molecule has 0 radical (unpaired) electrons. The zero-order valence-electron chi connectivity index (χ0n) is 62.6. The molecule has 45 nitrogen and oxygen atoms in total. The molecule has 3 aromatic carbocycles. The molecular weight excluding hydrogens is 1530 g/mol. The van der Waals surface area contributed by atoms with E-state index in [-0.39, 0.29) is 43.0 Å². The molecule has 24 N–H and O–H groups in total. The van der Waals surface area contributed by atoms with Crippen LogP contribution in [0.15, 0.2) is 72.8 Å². The Morgan fingerprint density at radius 3 is 1.70 bits per heavy atom. The van der Waals surface area contributed by atoms with E-state index in [0.717, 1.165) is 20.8 Å². The lowest BCUT2D eigenvalue weighted by molar-refractivity contribution is -0.156. The second kappa shape index (κ2) is 46.3. The van der Waals surface area contributed by atoms with Crippen molar-refractivity contribution >= 4 is 124 Å². The molecule has 13 atom stereocenters. The maximum atomic E-state index is 14.8. The summed E-state index contributed by atoms with van der Waals surface area (Å²) in [6.45, 7) is -1.46. The number of methoxy groups -OCH3 is 2. The van der Waals surface area contributed by atoms with Crippen molar-refractivity contribution in [1.82, 2.24) is 69.1 Å². The van der Waals surface area contributed by atoms with Gasteiger partial charge in [-0.2, -0.15) is 0 Å². The highest BCUT2D eigenvalue weighted by atomic mass is 16.6. The number of nitrogens with two attached hydrogens (primary N) is 3. The van der Waals surface area contributed by atoms with Crippen molar-refractivity contribution in [2.75, 3.05) is 46.2 Å². The van der Waals surface area contributed by atoms with Crippen molar-refractivity contribution in [1.29, 1.82) is 0 Å².